The number of anilines is 1. The molecule has 6 nitrogen and oxygen atoms in total. The fourth-order valence-corrected chi connectivity index (χ4v) is 2.72. The number of halogens is 3. The van der Waals surface area contributed by atoms with Gasteiger partial charge in [-0.1, -0.05) is 12.1 Å². The van der Waals surface area contributed by atoms with Crippen LogP contribution in [0.5, 0.6) is 0 Å². The largest absolute Gasteiger partial charge is 0.418 e. The van der Waals surface area contributed by atoms with E-state index in [1.54, 1.807) is 12.1 Å². The van der Waals surface area contributed by atoms with Crippen LogP contribution in [0.4, 0.5) is 19.0 Å². The normalized spacial score (nSPS) is 12.8. The third-order valence-electron chi connectivity index (χ3n) is 3.92. The summed E-state index contributed by atoms with van der Waals surface area (Å²) in [7, 11) is 0. The quantitative estimate of drug-likeness (QED) is 0.653. The molecule has 27 heavy (non-hydrogen) atoms. The van der Waals surface area contributed by atoms with Crippen molar-refractivity contribution >= 4 is 22.6 Å². The molecule has 0 saturated heterocycles. The van der Waals surface area contributed by atoms with E-state index >= 15 is 0 Å². The molecule has 0 aliphatic heterocycles. The number of aromatic nitrogens is 2. The molecule has 1 amide bonds. The number of hydrogen-bond acceptors (Lipinski definition) is 4. The highest BCUT2D eigenvalue weighted by molar-refractivity contribution is 6.06. The van der Waals surface area contributed by atoms with Crippen LogP contribution in [0.3, 0.4) is 0 Å². The molecule has 140 valence electrons. The molecule has 3 rings (SSSR count). The van der Waals surface area contributed by atoms with Gasteiger partial charge < -0.3 is 15.4 Å². The first-order chi connectivity index (χ1) is 12.7. The van der Waals surface area contributed by atoms with E-state index in [0.717, 1.165) is 12.1 Å². The lowest BCUT2D eigenvalue weighted by Gasteiger charge is -2.16. The zero-order valence-electron chi connectivity index (χ0n) is 14.0. The van der Waals surface area contributed by atoms with Gasteiger partial charge in [0, 0.05) is 11.6 Å². The maximum Gasteiger partial charge on any atom is 0.418 e. The second-order valence-electron chi connectivity index (χ2n) is 5.81. The van der Waals surface area contributed by atoms with E-state index in [1.807, 2.05) is 0 Å². The van der Waals surface area contributed by atoms with Gasteiger partial charge in [0.25, 0.3) is 5.91 Å². The summed E-state index contributed by atoms with van der Waals surface area (Å²) in [6, 6.07) is 7.81. The molecular weight excluding hydrogens is 363 g/mol. The Bertz CT molecular complexity index is 1060. The lowest BCUT2D eigenvalue weighted by atomic mass is 10.0. The van der Waals surface area contributed by atoms with Crippen LogP contribution in [0.1, 0.15) is 34.6 Å². The molecule has 0 spiro atoms. The number of benzene rings is 1. The fraction of sp³-hybridized carbons (Fsp3) is 0.167. The van der Waals surface area contributed by atoms with E-state index in [1.165, 1.54) is 25.3 Å². The predicted molar refractivity (Wildman–Crippen MR) is 92.4 cm³/mol. The number of H-pyrrole nitrogens is 1. The standard InChI is InChI=1S/C18H14F3N3O3/c1-9(25)14-13(17(27)23-12-7-2-3-8-22-12)16(26)10-5-4-6-11(15(10)24-14)18(19,20)21/h2-9,25H,1H3,(H,24,26)(H,22,23,27). The van der Waals surface area contributed by atoms with Crippen molar-refractivity contribution in [3.63, 3.8) is 0 Å². The van der Waals surface area contributed by atoms with Gasteiger partial charge in [-0.25, -0.2) is 4.98 Å². The monoisotopic (exact) mass is 377 g/mol. The topological polar surface area (TPSA) is 95.1 Å². The van der Waals surface area contributed by atoms with E-state index in [0.29, 0.717) is 0 Å². The summed E-state index contributed by atoms with van der Waals surface area (Å²) in [5, 5.41) is 12.0. The molecule has 2 aromatic heterocycles. The molecule has 0 bridgehead atoms. The first kappa shape index (κ1) is 18.6. The van der Waals surface area contributed by atoms with Gasteiger partial charge in [0.15, 0.2) is 0 Å². The minimum absolute atomic E-state index is 0.155. The minimum atomic E-state index is -4.71. The van der Waals surface area contributed by atoms with E-state index < -0.39 is 40.3 Å². The van der Waals surface area contributed by atoms with Gasteiger partial charge in [-0.15, -0.1) is 0 Å². The van der Waals surface area contributed by atoms with Gasteiger partial charge >= 0.3 is 6.18 Å². The van der Waals surface area contributed by atoms with Crippen molar-refractivity contribution in [1.29, 1.82) is 0 Å². The van der Waals surface area contributed by atoms with Gasteiger partial charge in [0.1, 0.15) is 11.4 Å². The van der Waals surface area contributed by atoms with E-state index in [2.05, 4.69) is 15.3 Å². The molecule has 1 atom stereocenters. The highest BCUT2D eigenvalue weighted by Gasteiger charge is 2.34. The number of amides is 1. The number of aromatic amines is 1. The number of nitrogens with one attached hydrogen (secondary N) is 2. The smallest absolute Gasteiger partial charge is 0.387 e. The number of alkyl halides is 3. The molecule has 0 aliphatic carbocycles. The Morgan fingerprint density at radius 3 is 2.56 bits per heavy atom. The number of para-hydroxylation sites is 1. The van der Waals surface area contributed by atoms with Gasteiger partial charge in [-0.3, -0.25) is 9.59 Å². The first-order valence-corrected chi connectivity index (χ1v) is 7.86. The van der Waals surface area contributed by atoms with Crippen molar-refractivity contribution < 1.29 is 23.1 Å². The Labute approximate surface area is 150 Å². The zero-order valence-corrected chi connectivity index (χ0v) is 14.0. The van der Waals surface area contributed by atoms with Crippen LogP contribution in [-0.2, 0) is 6.18 Å². The Morgan fingerprint density at radius 1 is 1.22 bits per heavy atom. The van der Waals surface area contributed by atoms with Crippen molar-refractivity contribution in [1.82, 2.24) is 9.97 Å². The molecule has 0 radical (unpaired) electrons. The second-order valence-corrected chi connectivity index (χ2v) is 5.81. The van der Waals surface area contributed by atoms with Gasteiger partial charge in [0.2, 0.25) is 5.43 Å². The number of hydrogen-bond donors (Lipinski definition) is 3. The van der Waals surface area contributed by atoms with Crippen molar-refractivity contribution in [2.75, 3.05) is 5.32 Å². The molecule has 2 heterocycles. The van der Waals surface area contributed by atoms with Crippen LogP contribution in [0.25, 0.3) is 10.9 Å². The number of rotatable bonds is 3. The van der Waals surface area contributed by atoms with E-state index in [4.69, 9.17) is 0 Å². The average molecular weight is 377 g/mol. The van der Waals surface area contributed by atoms with Crippen molar-refractivity contribution in [3.05, 3.63) is 69.6 Å². The van der Waals surface area contributed by atoms with Crippen molar-refractivity contribution in [3.8, 4) is 0 Å². The minimum Gasteiger partial charge on any atom is -0.387 e. The van der Waals surface area contributed by atoms with Gasteiger partial charge in [0.05, 0.1) is 22.9 Å². The lowest BCUT2D eigenvalue weighted by Crippen LogP contribution is -2.27. The number of carbonyl (C=O) groups is 1. The summed E-state index contributed by atoms with van der Waals surface area (Å²) in [4.78, 5) is 31.7. The van der Waals surface area contributed by atoms with Crippen LogP contribution >= 0.6 is 0 Å². The lowest BCUT2D eigenvalue weighted by molar-refractivity contribution is -0.136. The molecule has 0 saturated carbocycles. The van der Waals surface area contributed by atoms with Crippen LogP contribution in [0.15, 0.2) is 47.4 Å². The number of aliphatic hydroxyl groups is 1. The van der Waals surface area contributed by atoms with Crippen molar-refractivity contribution in [2.24, 2.45) is 0 Å². The maximum atomic E-state index is 13.3. The maximum absolute atomic E-state index is 13.3. The summed E-state index contributed by atoms with van der Waals surface area (Å²) in [6.07, 6.45) is -4.67. The molecule has 1 unspecified atom stereocenters. The number of fused-ring (bicyclic) bond motifs is 1. The molecule has 3 aromatic rings. The van der Waals surface area contributed by atoms with Crippen LogP contribution in [-0.4, -0.2) is 21.0 Å². The summed E-state index contributed by atoms with van der Waals surface area (Å²) in [5.41, 5.74) is -3.24. The molecule has 0 fully saturated rings. The molecule has 1 aromatic carbocycles. The van der Waals surface area contributed by atoms with Crippen LogP contribution < -0.4 is 10.7 Å². The SMILES string of the molecule is CC(O)c1[nH]c2c(C(F)(F)F)cccc2c(=O)c1C(=O)Nc1ccccn1. The Morgan fingerprint density at radius 2 is 1.96 bits per heavy atom. The Balaban J connectivity index is 2.24. The number of carbonyl (C=O) groups excluding carboxylic acids is 1. The predicted octanol–water partition coefficient (Wildman–Crippen LogP) is 3.25. The molecule has 9 heteroatoms. The van der Waals surface area contributed by atoms with E-state index in [-0.39, 0.29) is 16.9 Å². The van der Waals surface area contributed by atoms with Crippen LogP contribution in [0, 0.1) is 0 Å². The Hall–Kier alpha value is -3.20. The third kappa shape index (κ3) is 3.54. The molecule has 3 N–H and O–H groups in total. The summed E-state index contributed by atoms with van der Waals surface area (Å²) in [6.45, 7) is 1.24. The highest BCUT2D eigenvalue weighted by Crippen LogP contribution is 2.34. The van der Waals surface area contributed by atoms with Gasteiger partial charge in [-0.2, -0.15) is 13.2 Å². The molecule has 0 aliphatic rings. The third-order valence-corrected chi connectivity index (χ3v) is 3.92. The Kier molecular flexibility index (Phi) is 4.71. The summed E-state index contributed by atoms with van der Waals surface area (Å²) < 4.78 is 39.8. The number of nitrogens with zero attached hydrogens (tertiary/aromatic N) is 1. The zero-order chi connectivity index (χ0) is 19.8. The summed E-state index contributed by atoms with van der Waals surface area (Å²) >= 11 is 0. The average Bonchev–Trinajstić information content (AvgIpc) is 2.61. The van der Waals surface area contributed by atoms with Crippen LogP contribution in [0.2, 0.25) is 0 Å². The highest BCUT2D eigenvalue weighted by atomic mass is 19.4. The number of pyridine rings is 2. The molecular formula is C18H14F3N3O3. The number of aliphatic hydroxyl groups excluding tert-OH is 1. The van der Waals surface area contributed by atoms with Gasteiger partial charge in [-0.05, 0) is 31.2 Å². The fourth-order valence-electron chi connectivity index (χ4n) is 2.72. The van der Waals surface area contributed by atoms with E-state index in [9.17, 15) is 27.9 Å². The summed E-state index contributed by atoms with van der Waals surface area (Å²) in [5.74, 6) is -0.729. The van der Waals surface area contributed by atoms with Crippen molar-refractivity contribution in [2.45, 2.75) is 19.2 Å². The second kappa shape index (κ2) is 6.84. The first-order valence-electron chi connectivity index (χ1n) is 7.86.